The van der Waals surface area contributed by atoms with E-state index in [0.29, 0.717) is 21.4 Å². The number of thiazole rings is 1. The predicted octanol–water partition coefficient (Wildman–Crippen LogP) is 3.81. The van der Waals surface area contributed by atoms with Crippen LogP contribution in [0.25, 0.3) is 21.5 Å². The molecule has 0 bridgehead atoms. The molecule has 2 heterocycles. The number of aromatic nitrogens is 3. The van der Waals surface area contributed by atoms with Crippen LogP contribution in [-0.4, -0.2) is 20.7 Å². The van der Waals surface area contributed by atoms with Gasteiger partial charge in [-0.2, -0.15) is 5.10 Å². The van der Waals surface area contributed by atoms with Crippen molar-refractivity contribution in [1.82, 2.24) is 14.8 Å². The molecule has 0 fully saturated rings. The van der Waals surface area contributed by atoms with E-state index >= 15 is 0 Å². The van der Waals surface area contributed by atoms with Crippen molar-refractivity contribution in [3.63, 3.8) is 0 Å². The molecule has 0 saturated carbocycles. The Hall–Kier alpha value is -3.03. The number of carbonyl (C=O) groups excluding carboxylic acids is 1. The molecule has 0 atom stereocenters. The van der Waals surface area contributed by atoms with Gasteiger partial charge in [0, 0.05) is 11.6 Å². The molecule has 27 heavy (non-hydrogen) atoms. The van der Waals surface area contributed by atoms with Gasteiger partial charge in [-0.1, -0.05) is 53.3 Å². The molecule has 134 valence electrons. The molecule has 0 aliphatic rings. The zero-order valence-corrected chi connectivity index (χ0v) is 15.5. The number of carbonyl (C=O) groups is 1. The zero-order chi connectivity index (χ0) is 18.8. The molecule has 4 aromatic rings. The number of benzene rings is 2. The molecule has 0 saturated heterocycles. The molecule has 1 amide bonds. The highest BCUT2D eigenvalue weighted by molar-refractivity contribution is 7.22. The van der Waals surface area contributed by atoms with Crippen molar-refractivity contribution in [2.45, 2.75) is 6.54 Å². The Labute approximate surface area is 163 Å². The van der Waals surface area contributed by atoms with Crippen molar-refractivity contribution >= 4 is 44.2 Å². The fraction of sp³-hybridized carbons (Fsp3) is 0.0526. The van der Waals surface area contributed by atoms with Crippen LogP contribution in [0.4, 0.5) is 5.13 Å². The van der Waals surface area contributed by atoms with Gasteiger partial charge < -0.3 is 5.32 Å². The Morgan fingerprint density at radius 2 is 1.85 bits per heavy atom. The number of rotatable bonds is 4. The van der Waals surface area contributed by atoms with Gasteiger partial charge in [-0.05, 0) is 24.3 Å². The molecule has 0 unspecified atom stereocenters. The fourth-order valence-corrected chi connectivity index (χ4v) is 3.71. The van der Waals surface area contributed by atoms with Gasteiger partial charge in [-0.25, -0.2) is 9.67 Å². The van der Waals surface area contributed by atoms with Gasteiger partial charge in [0.15, 0.2) is 5.13 Å². The zero-order valence-electron chi connectivity index (χ0n) is 13.9. The Morgan fingerprint density at radius 1 is 1.07 bits per heavy atom. The minimum Gasteiger partial charge on any atom is -0.300 e. The maximum absolute atomic E-state index is 12.4. The molecule has 6 nitrogen and oxygen atoms in total. The highest BCUT2D eigenvalue weighted by atomic mass is 35.5. The number of para-hydroxylation sites is 1. The lowest BCUT2D eigenvalue weighted by Gasteiger charge is -2.08. The molecule has 4 rings (SSSR count). The van der Waals surface area contributed by atoms with Crippen molar-refractivity contribution in [3.05, 3.63) is 76.0 Å². The highest BCUT2D eigenvalue weighted by Crippen LogP contribution is 2.26. The van der Waals surface area contributed by atoms with Crippen molar-refractivity contribution in [2.75, 3.05) is 5.32 Å². The van der Waals surface area contributed by atoms with Crippen LogP contribution in [0.15, 0.2) is 65.5 Å². The Bertz CT molecular complexity index is 1170. The maximum Gasteiger partial charge on any atom is 0.267 e. The number of nitrogens with one attached hydrogen (secondary N) is 1. The van der Waals surface area contributed by atoms with Gasteiger partial charge in [-0.15, -0.1) is 0 Å². The minimum absolute atomic E-state index is 0.215. The van der Waals surface area contributed by atoms with E-state index in [1.54, 1.807) is 18.2 Å². The second-order valence-corrected chi connectivity index (χ2v) is 7.17. The largest absolute Gasteiger partial charge is 0.300 e. The molecular weight excluding hydrogens is 384 g/mol. The van der Waals surface area contributed by atoms with Gasteiger partial charge in [0.2, 0.25) is 5.91 Å². The quantitative estimate of drug-likeness (QED) is 0.569. The molecular formula is C19H13ClN4O2S. The molecule has 0 radical (unpaired) electrons. The molecule has 2 aromatic heterocycles. The van der Waals surface area contributed by atoms with E-state index in [4.69, 9.17) is 11.6 Å². The van der Waals surface area contributed by atoms with Crippen LogP contribution in [0.5, 0.6) is 0 Å². The first-order valence-electron chi connectivity index (χ1n) is 8.09. The summed E-state index contributed by atoms with van der Waals surface area (Å²) in [5.74, 6) is -0.375. The standard InChI is InChI=1S/C19H13ClN4O2S/c20-13-6-2-1-5-12(13)14-9-10-18(26)24(23-14)11-17(25)22-19-21-15-7-3-4-8-16(15)27-19/h1-10H,11H2,(H,21,22,25). The number of anilines is 1. The van der Waals surface area contributed by atoms with Crippen LogP contribution in [0.1, 0.15) is 0 Å². The number of halogens is 1. The van der Waals surface area contributed by atoms with E-state index in [2.05, 4.69) is 15.4 Å². The van der Waals surface area contributed by atoms with Gasteiger partial charge in [-0.3, -0.25) is 9.59 Å². The SMILES string of the molecule is O=C(Cn1nc(-c2ccccc2Cl)ccc1=O)Nc1nc2ccccc2s1. The number of amides is 1. The maximum atomic E-state index is 12.4. The molecule has 8 heteroatoms. The molecule has 0 aliphatic heterocycles. The summed E-state index contributed by atoms with van der Waals surface area (Å²) in [7, 11) is 0. The van der Waals surface area contributed by atoms with E-state index in [1.165, 1.54) is 17.4 Å². The predicted molar refractivity (Wildman–Crippen MR) is 107 cm³/mol. The van der Waals surface area contributed by atoms with E-state index in [1.807, 2.05) is 36.4 Å². The Morgan fingerprint density at radius 3 is 2.67 bits per heavy atom. The minimum atomic E-state index is -0.375. The Balaban J connectivity index is 1.56. The number of fused-ring (bicyclic) bond motifs is 1. The fourth-order valence-electron chi connectivity index (χ4n) is 2.60. The first-order valence-corrected chi connectivity index (χ1v) is 9.28. The lowest BCUT2D eigenvalue weighted by Crippen LogP contribution is -2.29. The van der Waals surface area contributed by atoms with Gasteiger partial charge >= 0.3 is 0 Å². The summed E-state index contributed by atoms with van der Waals surface area (Å²) >= 11 is 7.56. The van der Waals surface area contributed by atoms with Crippen LogP contribution < -0.4 is 10.9 Å². The van der Waals surface area contributed by atoms with Crippen LogP contribution in [0.2, 0.25) is 5.02 Å². The van der Waals surface area contributed by atoms with Crippen molar-refractivity contribution in [1.29, 1.82) is 0 Å². The van der Waals surface area contributed by atoms with Crippen molar-refractivity contribution < 1.29 is 4.79 Å². The van der Waals surface area contributed by atoms with E-state index in [0.717, 1.165) is 14.9 Å². The summed E-state index contributed by atoms with van der Waals surface area (Å²) < 4.78 is 2.09. The first kappa shape index (κ1) is 17.4. The number of hydrogen-bond acceptors (Lipinski definition) is 5. The third-order valence-corrected chi connectivity index (χ3v) is 5.13. The van der Waals surface area contributed by atoms with E-state index in [-0.39, 0.29) is 18.0 Å². The normalized spacial score (nSPS) is 10.9. The van der Waals surface area contributed by atoms with Crippen LogP contribution >= 0.6 is 22.9 Å². The summed E-state index contributed by atoms with van der Waals surface area (Å²) in [5.41, 5.74) is 1.66. The molecule has 0 spiro atoms. The lowest BCUT2D eigenvalue weighted by molar-refractivity contribution is -0.117. The van der Waals surface area contributed by atoms with Crippen LogP contribution in [0.3, 0.4) is 0 Å². The monoisotopic (exact) mass is 396 g/mol. The lowest BCUT2D eigenvalue weighted by atomic mass is 10.1. The summed E-state index contributed by atoms with van der Waals surface area (Å²) in [6.07, 6.45) is 0. The third kappa shape index (κ3) is 3.74. The van der Waals surface area contributed by atoms with Gasteiger partial charge in [0.1, 0.15) is 6.54 Å². The average molecular weight is 397 g/mol. The second-order valence-electron chi connectivity index (χ2n) is 5.73. The van der Waals surface area contributed by atoms with Gasteiger partial charge in [0.25, 0.3) is 5.56 Å². The van der Waals surface area contributed by atoms with Crippen molar-refractivity contribution in [3.8, 4) is 11.3 Å². The summed E-state index contributed by atoms with van der Waals surface area (Å²) in [5, 5.41) is 8.00. The Kier molecular flexibility index (Phi) is 4.70. The first-order chi connectivity index (χ1) is 13.1. The van der Waals surface area contributed by atoms with E-state index < -0.39 is 0 Å². The summed E-state index contributed by atoms with van der Waals surface area (Å²) in [4.78, 5) is 28.8. The number of nitrogens with zero attached hydrogens (tertiary/aromatic N) is 3. The smallest absolute Gasteiger partial charge is 0.267 e. The van der Waals surface area contributed by atoms with E-state index in [9.17, 15) is 9.59 Å². The second kappa shape index (κ2) is 7.30. The van der Waals surface area contributed by atoms with Crippen LogP contribution in [-0.2, 0) is 11.3 Å². The number of hydrogen-bond donors (Lipinski definition) is 1. The molecule has 2 aromatic carbocycles. The topological polar surface area (TPSA) is 76.9 Å². The third-order valence-electron chi connectivity index (χ3n) is 3.85. The average Bonchev–Trinajstić information content (AvgIpc) is 3.06. The molecule has 1 N–H and O–H groups in total. The molecule has 0 aliphatic carbocycles. The summed E-state index contributed by atoms with van der Waals surface area (Å²) in [6, 6.07) is 17.8. The highest BCUT2D eigenvalue weighted by Gasteiger charge is 2.12. The van der Waals surface area contributed by atoms with Crippen molar-refractivity contribution in [2.24, 2.45) is 0 Å². The van der Waals surface area contributed by atoms with Crippen LogP contribution in [0, 0.1) is 0 Å². The van der Waals surface area contributed by atoms with Gasteiger partial charge in [0.05, 0.1) is 20.9 Å². The summed E-state index contributed by atoms with van der Waals surface area (Å²) in [6.45, 7) is -0.215.